The average Bonchev–Trinajstić information content (AvgIpc) is 3.41. The van der Waals surface area contributed by atoms with Gasteiger partial charge in [-0.15, -0.1) is 0 Å². The van der Waals surface area contributed by atoms with Crippen LogP contribution in [0.25, 0.3) is 0 Å². The van der Waals surface area contributed by atoms with Gasteiger partial charge in [-0.3, -0.25) is 0 Å². The van der Waals surface area contributed by atoms with Gasteiger partial charge < -0.3 is 0 Å². The van der Waals surface area contributed by atoms with E-state index in [9.17, 15) is 0 Å². The van der Waals surface area contributed by atoms with Gasteiger partial charge in [-0.05, 0) is 74.9 Å². The van der Waals surface area contributed by atoms with E-state index in [4.69, 9.17) is 23.6 Å². The molecule has 0 N–H and O–H groups in total. The molecule has 193 valence electrons. The maximum absolute atomic E-state index is 6.47. The molecule has 0 amide bonds. The molecular formula is C29H49Cl2N2Ti. The number of hydrogen-bond donors (Lipinski definition) is 0. The van der Waals surface area contributed by atoms with Crippen molar-refractivity contribution in [3.63, 3.8) is 0 Å². The van der Waals surface area contributed by atoms with Crippen LogP contribution in [0.4, 0.5) is 0 Å². The van der Waals surface area contributed by atoms with E-state index in [1.807, 2.05) is 0 Å². The van der Waals surface area contributed by atoms with E-state index in [0.717, 1.165) is 0 Å². The van der Waals surface area contributed by atoms with Gasteiger partial charge in [0.15, 0.2) is 0 Å². The molecule has 0 heterocycles. The molecule has 0 bridgehead atoms. The Balaban J connectivity index is 0.000000154. The molecule has 5 aliphatic carbocycles. The van der Waals surface area contributed by atoms with E-state index >= 15 is 0 Å². The standard InChI is InChI=1S/2C12H22ClN.C5H5.Ti/c2*13-14(11-7-3-1-4-8-11)12-9-5-2-6-10-12;1-2-4-5-3-1;/h2*11-12H,1-10H2;1-3H,4H2;. The topological polar surface area (TPSA) is 6.48 Å². The molecule has 5 aliphatic rings. The van der Waals surface area contributed by atoms with Crippen LogP contribution in [0.2, 0.25) is 0 Å². The normalized spacial score (nSPS) is 25.4. The fourth-order valence-electron chi connectivity index (χ4n) is 6.35. The molecule has 0 aromatic carbocycles. The summed E-state index contributed by atoms with van der Waals surface area (Å²) in [5, 5.41) is 0. The fraction of sp³-hybridized carbons (Fsp3) is 0.862. The van der Waals surface area contributed by atoms with Crippen molar-refractivity contribution in [3.05, 3.63) is 22.1 Å². The number of hydrogen-bond acceptors (Lipinski definition) is 2. The van der Waals surface area contributed by atoms with E-state index < -0.39 is 0 Å². The predicted octanol–water partition coefficient (Wildman–Crippen LogP) is 9.59. The Kier molecular flexibility index (Phi) is 14.8. The van der Waals surface area contributed by atoms with Crippen LogP contribution in [0.3, 0.4) is 0 Å². The van der Waals surface area contributed by atoms with Crippen LogP contribution in [0.5, 0.6) is 0 Å². The molecule has 5 rings (SSSR count). The first-order valence-corrected chi connectivity index (χ1v) is 16.1. The Morgan fingerprint density at radius 1 is 0.529 bits per heavy atom. The minimum absolute atomic E-state index is 0.688. The summed E-state index contributed by atoms with van der Waals surface area (Å²) in [5.74, 6) is 0. The van der Waals surface area contributed by atoms with Crippen LogP contribution in [-0.2, 0) is 20.4 Å². The monoisotopic (exact) mass is 543 g/mol. The van der Waals surface area contributed by atoms with Crippen LogP contribution in [0, 0.1) is 0 Å². The van der Waals surface area contributed by atoms with Crippen LogP contribution in [-0.4, -0.2) is 33.0 Å². The van der Waals surface area contributed by atoms with Gasteiger partial charge in [0.05, 0.1) is 0 Å². The third kappa shape index (κ3) is 10.6. The zero-order valence-electron chi connectivity index (χ0n) is 21.5. The molecule has 0 aliphatic heterocycles. The van der Waals surface area contributed by atoms with Gasteiger partial charge in [-0.2, -0.15) is 0 Å². The van der Waals surface area contributed by atoms with Crippen molar-refractivity contribution in [2.75, 3.05) is 0 Å². The first kappa shape index (κ1) is 29.3. The predicted molar refractivity (Wildman–Crippen MR) is 145 cm³/mol. The molecule has 0 spiro atoms. The molecule has 4 fully saturated rings. The molecular weight excluding hydrogens is 495 g/mol. The van der Waals surface area contributed by atoms with Crippen molar-refractivity contribution in [2.24, 2.45) is 0 Å². The first-order valence-electron chi connectivity index (χ1n) is 14.6. The van der Waals surface area contributed by atoms with E-state index in [1.54, 1.807) is 0 Å². The number of rotatable bonds is 4. The first-order chi connectivity index (χ1) is 16.6. The third-order valence-corrected chi connectivity index (χ3v) is 10.1. The Morgan fingerprint density at radius 3 is 1.00 bits per heavy atom. The minimum atomic E-state index is 0.688. The van der Waals surface area contributed by atoms with Crippen molar-refractivity contribution in [2.45, 2.75) is 159 Å². The van der Waals surface area contributed by atoms with Gasteiger partial charge >= 0.3 is 49.0 Å². The van der Waals surface area contributed by atoms with E-state index in [1.165, 1.54) is 139 Å². The second-order valence-electron chi connectivity index (χ2n) is 11.2. The Morgan fingerprint density at radius 2 is 0.824 bits per heavy atom. The molecule has 0 unspecified atom stereocenters. The number of allylic oxidation sites excluding steroid dienone is 4. The summed E-state index contributed by atoms with van der Waals surface area (Å²) in [7, 11) is 0. The third-order valence-electron chi connectivity index (χ3n) is 8.47. The summed E-state index contributed by atoms with van der Waals surface area (Å²) in [5.41, 5.74) is 0. The number of halogens is 2. The van der Waals surface area contributed by atoms with Gasteiger partial charge in [0.1, 0.15) is 0 Å². The quantitative estimate of drug-likeness (QED) is 0.257. The van der Waals surface area contributed by atoms with Crippen LogP contribution in [0.15, 0.2) is 22.1 Å². The Bertz CT molecular complexity index is 513. The summed E-state index contributed by atoms with van der Waals surface area (Å²) in [6, 6.07) is 2.75. The maximum atomic E-state index is 6.47. The molecule has 0 radical (unpaired) electrons. The SMILES string of the molecule is ClN(C1CCCCC1)C1CCCCC1.ClN(C1CCCCC1)C1CCCCC1.[Ti][C]1=CC=CC1. The molecule has 0 atom stereocenters. The van der Waals surface area contributed by atoms with Crippen molar-refractivity contribution >= 4 is 23.6 Å². The Hall–Kier alpha value is 0.694. The van der Waals surface area contributed by atoms with Crippen molar-refractivity contribution in [1.29, 1.82) is 0 Å². The zero-order valence-corrected chi connectivity index (χ0v) is 24.6. The molecule has 0 aromatic rings. The summed E-state index contributed by atoms with van der Waals surface area (Å²) in [6.07, 6.45) is 35.0. The van der Waals surface area contributed by atoms with Crippen LogP contribution < -0.4 is 0 Å². The molecule has 0 saturated heterocycles. The molecule has 0 aromatic heterocycles. The molecule has 34 heavy (non-hydrogen) atoms. The van der Waals surface area contributed by atoms with Gasteiger partial charge in [0, 0.05) is 24.2 Å². The van der Waals surface area contributed by atoms with Crippen molar-refractivity contribution in [3.8, 4) is 0 Å². The van der Waals surface area contributed by atoms with Gasteiger partial charge in [-0.25, -0.2) is 8.84 Å². The van der Waals surface area contributed by atoms with Gasteiger partial charge in [-0.1, -0.05) is 77.0 Å². The summed E-state index contributed by atoms with van der Waals surface area (Å²) < 4.78 is 5.85. The van der Waals surface area contributed by atoms with Crippen molar-refractivity contribution in [1.82, 2.24) is 8.84 Å². The summed E-state index contributed by atoms with van der Waals surface area (Å²) in [4.78, 5) is 0. The van der Waals surface area contributed by atoms with E-state index in [-0.39, 0.29) is 0 Å². The second-order valence-corrected chi connectivity index (χ2v) is 13.0. The second kappa shape index (κ2) is 17.2. The van der Waals surface area contributed by atoms with E-state index in [0.29, 0.717) is 24.2 Å². The van der Waals surface area contributed by atoms with Gasteiger partial charge in [0.25, 0.3) is 0 Å². The zero-order chi connectivity index (χ0) is 24.0. The molecule has 2 nitrogen and oxygen atoms in total. The Labute approximate surface area is 232 Å². The van der Waals surface area contributed by atoms with Crippen LogP contribution >= 0.6 is 23.6 Å². The molecule has 4 saturated carbocycles. The summed E-state index contributed by atoms with van der Waals surface area (Å²) >= 11 is 15.1. The number of nitrogens with zero attached hydrogens (tertiary/aromatic N) is 2. The van der Waals surface area contributed by atoms with E-state index in [2.05, 4.69) is 47.5 Å². The van der Waals surface area contributed by atoms with Crippen molar-refractivity contribution < 1.29 is 20.4 Å². The molecule has 5 heteroatoms. The van der Waals surface area contributed by atoms with Gasteiger partial charge in [0.2, 0.25) is 0 Å². The van der Waals surface area contributed by atoms with Crippen LogP contribution in [0.1, 0.15) is 135 Å². The average molecular weight is 544 g/mol. The fourth-order valence-corrected chi connectivity index (χ4v) is 7.47. The summed E-state index contributed by atoms with van der Waals surface area (Å²) in [6.45, 7) is 0.